The van der Waals surface area contributed by atoms with Gasteiger partial charge < -0.3 is 4.90 Å². The van der Waals surface area contributed by atoms with E-state index >= 15 is 0 Å². The van der Waals surface area contributed by atoms with E-state index in [9.17, 15) is 4.39 Å². The summed E-state index contributed by atoms with van der Waals surface area (Å²) in [6, 6.07) is 6.26. The van der Waals surface area contributed by atoms with Crippen molar-refractivity contribution in [3.8, 4) is 0 Å². The molecule has 0 saturated carbocycles. The second kappa shape index (κ2) is 4.26. The van der Waals surface area contributed by atoms with Crippen LogP contribution >= 0.6 is 11.3 Å². The van der Waals surface area contributed by atoms with Crippen molar-refractivity contribution in [2.24, 2.45) is 0 Å². The Morgan fingerprint density at radius 1 is 1.47 bits per heavy atom. The van der Waals surface area contributed by atoms with Crippen LogP contribution in [0.25, 0.3) is 10.2 Å². The first-order chi connectivity index (χ1) is 8.22. The lowest BCUT2D eigenvalue weighted by molar-refractivity contribution is 0.287. The third-order valence-electron chi connectivity index (χ3n) is 3.17. The summed E-state index contributed by atoms with van der Waals surface area (Å²) in [5.41, 5.74) is 2.27. The largest absolute Gasteiger partial charge is 0.345 e. The highest BCUT2D eigenvalue weighted by Gasteiger charge is 2.21. The molecule has 90 valence electrons. The minimum atomic E-state index is -0.697. The number of rotatable bonds is 1. The molecule has 0 spiro atoms. The Balaban J connectivity index is 1.94. The maximum Gasteiger partial charge on any atom is 0.186 e. The quantitative estimate of drug-likeness (QED) is 0.769. The van der Waals surface area contributed by atoms with Crippen LogP contribution in [0, 0.1) is 6.92 Å². The van der Waals surface area contributed by atoms with Crippen LogP contribution in [0.5, 0.6) is 0 Å². The van der Waals surface area contributed by atoms with Crippen LogP contribution < -0.4 is 4.90 Å². The summed E-state index contributed by atoms with van der Waals surface area (Å²) in [6.45, 7) is 3.51. The van der Waals surface area contributed by atoms with E-state index in [1.54, 1.807) is 11.3 Å². The molecule has 3 rings (SSSR count). The Morgan fingerprint density at radius 2 is 2.35 bits per heavy atom. The topological polar surface area (TPSA) is 16.1 Å². The van der Waals surface area contributed by atoms with Crippen molar-refractivity contribution in [2.45, 2.75) is 25.9 Å². The zero-order valence-electron chi connectivity index (χ0n) is 9.82. The second-order valence-corrected chi connectivity index (χ2v) is 5.66. The zero-order valence-corrected chi connectivity index (χ0v) is 10.6. The number of benzene rings is 1. The van der Waals surface area contributed by atoms with Crippen LogP contribution in [-0.4, -0.2) is 24.2 Å². The maximum absolute atomic E-state index is 13.4. The average Bonchev–Trinajstić information content (AvgIpc) is 2.72. The molecule has 2 aromatic rings. The van der Waals surface area contributed by atoms with Crippen LogP contribution in [0.1, 0.15) is 18.4 Å². The summed E-state index contributed by atoms with van der Waals surface area (Å²) in [7, 11) is 0. The maximum atomic E-state index is 13.4. The summed E-state index contributed by atoms with van der Waals surface area (Å²) < 4.78 is 14.6. The molecule has 17 heavy (non-hydrogen) atoms. The molecular weight excluding hydrogens is 235 g/mol. The molecule has 1 unspecified atom stereocenters. The van der Waals surface area contributed by atoms with E-state index in [-0.39, 0.29) is 0 Å². The molecule has 0 aliphatic carbocycles. The van der Waals surface area contributed by atoms with Crippen molar-refractivity contribution in [1.29, 1.82) is 0 Å². The number of hydrogen-bond acceptors (Lipinski definition) is 3. The predicted molar refractivity (Wildman–Crippen MR) is 70.7 cm³/mol. The molecule has 1 aromatic heterocycles. The minimum absolute atomic E-state index is 0.499. The van der Waals surface area contributed by atoms with Gasteiger partial charge in [0.25, 0.3) is 0 Å². The Hall–Kier alpha value is -1.16. The van der Waals surface area contributed by atoms with Crippen molar-refractivity contribution >= 4 is 26.7 Å². The van der Waals surface area contributed by atoms with Crippen LogP contribution in [0.2, 0.25) is 0 Å². The van der Waals surface area contributed by atoms with Crippen LogP contribution in [0.15, 0.2) is 18.2 Å². The lowest BCUT2D eigenvalue weighted by Gasteiger charge is -2.28. The molecule has 1 aromatic carbocycles. The highest BCUT2D eigenvalue weighted by molar-refractivity contribution is 7.22. The summed E-state index contributed by atoms with van der Waals surface area (Å²) in [4.78, 5) is 6.67. The Bertz CT molecular complexity index is 537. The van der Waals surface area contributed by atoms with Gasteiger partial charge in [0.15, 0.2) is 5.13 Å². The average molecular weight is 250 g/mol. The molecule has 0 N–H and O–H groups in total. The molecular formula is C13H15FN2S. The Morgan fingerprint density at radius 3 is 3.18 bits per heavy atom. The van der Waals surface area contributed by atoms with Gasteiger partial charge >= 0.3 is 0 Å². The first kappa shape index (κ1) is 11.0. The number of aryl methyl sites for hydroxylation is 1. The molecule has 2 heterocycles. The number of hydrogen-bond donors (Lipinski definition) is 0. The number of aromatic nitrogens is 1. The van der Waals surface area contributed by atoms with Gasteiger partial charge in [0.05, 0.1) is 16.8 Å². The molecule has 4 heteroatoms. The predicted octanol–water partition coefficient (Wildman–Crippen LogP) is 3.54. The number of fused-ring (bicyclic) bond motifs is 1. The van der Waals surface area contributed by atoms with E-state index in [4.69, 9.17) is 0 Å². The van der Waals surface area contributed by atoms with Crippen molar-refractivity contribution in [2.75, 3.05) is 18.0 Å². The third-order valence-corrected chi connectivity index (χ3v) is 4.25. The number of thiazole rings is 1. The van der Waals surface area contributed by atoms with Gasteiger partial charge in [-0.15, -0.1) is 0 Å². The number of nitrogens with zero attached hydrogens (tertiary/aromatic N) is 2. The molecule has 1 atom stereocenters. The second-order valence-electron chi connectivity index (χ2n) is 4.65. The molecule has 1 aliphatic heterocycles. The molecule has 1 saturated heterocycles. The van der Waals surface area contributed by atoms with Crippen molar-refractivity contribution in [1.82, 2.24) is 4.98 Å². The van der Waals surface area contributed by atoms with Gasteiger partial charge in [0, 0.05) is 6.54 Å². The van der Waals surface area contributed by atoms with Gasteiger partial charge in [0.2, 0.25) is 0 Å². The highest BCUT2D eigenvalue weighted by atomic mass is 32.1. The smallest absolute Gasteiger partial charge is 0.186 e. The van der Waals surface area contributed by atoms with Crippen LogP contribution in [-0.2, 0) is 0 Å². The Kier molecular flexibility index (Phi) is 2.74. The number of anilines is 1. The van der Waals surface area contributed by atoms with E-state index in [2.05, 4.69) is 28.9 Å². The molecule has 1 aliphatic rings. The van der Waals surface area contributed by atoms with Gasteiger partial charge in [0.1, 0.15) is 6.17 Å². The highest BCUT2D eigenvalue weighted by Crippen LogP contribution is 2.31. The molecule has 0 bridgehead atoms. The van der Waals surface area contributed by atoms with E-state index in [0.717, 1.165) is 23.6 Å². The normalized spacial score (nSPS) is 21.1. The fourth-order valence-corrected chi connectivity index (χ4v) is 3.35. The van der Waals surface area contributed by atoms with Crippen molar-refractivity contribution < 1.29 is 4.39 Å². The van der Waals surface area contributed by atoms with E-state index in [1.807, 2.05) is 6.07 Å². The van der Waals surface area contributed by atoms with E-state index in [1.165, 1.54) is 10.3 Å². The first-order valence-electron chi connectivity index (χ1n) is 5.98. The number of piperidine rings is 1. The van der Waals surface area contributed by atoms with Gasteiger partial charge in [-0.25, -0.2) is 9.37 Å². The molecule has 0 radical (unpaired) electrons. The summed E-state index contributed by atoms with van der Waals surface area (Å²) in [5, 5.41) is 0.966. The SMILES string of the molecule is Cc1ccc2nc(N3CCCC(F)C3)sc2c1. The van der Waals surface area contributed by atoms with Gasteiger partial charge in [-0.2, -0.15) is 0 Å². The molecule has 0 amide bonds. The van der Waals surface area contributed by atoms with Crippen LogP contribution in [0.3, 0.4) is 0 Å². The summed E-state index contributed by atoms with van der Waals surface area (Å²) in [5.74, 6) is 0. The lowest BCUT2D eigenvalue weighted by atomic mass is 10.1. The standard InChI is InChI=1S/C13H15FN2S/c1-9-4-5-11-12(7-9)17-13(15-11)16-6-2-3-10(14)8-16/h4-5,7,10H,2-3,6,8H2,1H3. The fraction of sp³-hybridized carbons (Fsp3) is 0.462. The van der Waals surface area contributed by atoms with Crippen molar-refractivity contribution in [3.05, 3.63) is 23.8 Å². The fourth-order valence-electron chi connectivity index (χ4n) is 2.25. The number of alkyl halides is 1. The van der Waals surface area contributed by atoms with Gasteiger partial charge in [-0.3, -0.25) is 0 Å². The Labute approximate surface area is 104 Å². The lowest BCUT2D eigenvalue weighted by Crippen LogP contribution is -2.36. The van der Waals surface area contributed by atoms with Crippen molar-refractivity contribution in [3.63, 3.8) is 0 Å². The minimum Gasteiger partial charge on any atom is -0.345 e. The van der Waals surface area contributed by atoms with Gasteiger partial charge in [-0.1, -0.05) is 17.4 Å². The van der Waals surface area contributed by atoms with Crippen LogP contribution in [0.4, 0.5) is 9.52 Å². The third kappa shape index (κ3) is 2.14. The first-order valence-corrected chi connectivity index (χ1v) is 6.80. The summed E-state index contributed by atoms with van der Waals surface area (Å²) >= 11 is 1.67. The molecule has 1 fully saturated rings. The zero-order chi connectivity index (χ0) is 11.8. The molecule has 2 nitrogen and oxygen atoms in total. The number of halogens is 1. The van der Waals surface area contributed by atoms with E-state index < -0.39 is 6.17 Å². The monoisotopic (exact) mass is 250 g/mol. The van der Waals surface area contributed by atoms with Gasteiger partial charge in [-0.05, 0) is 37.5 Å². The summed E-state index contributed by atoms with van der Waals surface area (Å²) in [6.07, 6.45) is 0.925. The van der Waals surface area contributed by atoms with E-state index in [0.29, 0.717) is 13.0 Å².